The highest BCUT2D eigenvalue weighted by molar-refractivity contribution is 7.09. The van der Waals surface area contributed by atoms with Crippen molar-refractivity contribution in [2.75, 3.05) is 13.1 Å². The summed E-state index contributed by atoms with van der Waals surface area (Å²) in [4.78, 5) is 41.7. The van der Waals surface area contributed by atoms with Gasteiger partial charge in [-0.05, 0) is 31.9 Å². The zero-order chi connectivity index (χ0) is 19.4. The molecule has 142 valence electrons. The Hall–Kier alpha value is -2.74. The van der Waals surface area contributed by atoms with Gasteiger partial charge in [0, 0.05) is 24.0 Å². The molecule has 2 amide bonds. The van der Waals surface area contributed by atoms with Gasteiger partial charge in [-0.2, -0.15) is 0 Å². The smallest absolute Gasteiger partial charge is 0.355 e. The number of aromatic carboxylic acids is 1. The average Bonchev–Trinajstić information content (AvgIpc) is 3.16. The van der Waals surface area contributed by atoms with E-state index in [0.717, 1.165) is 18.4 Å². The lowest BCUT2D eigenvalue weighted by molar-refractivity contribution is -0.126. The van der Waals surface area contributed by atoms with Crippen LogP contribution in [0.4, 0.5) is 0 Å². The van der Waals surface area contributed by atoms with Gasteiger partial charge in [0.25, 0.3) is 5.91 Å². The number of aromatic nitrogens is 1. The summed E-state index contributed by atoms with van der Waals surface area (Å²) in [6.07, 6.45) is 1.50. The van der Waals surface area contributed by atoms with Gasteiger partial charge in [0.2, 0.25) is 5.91 Å². The summed E-state index contributed by atoms with van der Waals surface area (Å²) in [5.74, 6) is -1.55. The number of likely N-dealkylation sites (tertiary alicyclic amines) is 1. The van der Waals surface area contributed by atoms with Gasteiger partial charge in [-0.1, -0.05) is 17.7 Å². The highest BCUT2D eigenvalue weighted by Crippen LogP contribution is 2.19. The Morgan fingerprint density at radius 2 is 2.04 bits per heavy atom. The van der Waals surface area contributed by atoms with Gasteiger partial charge < -0.3 is 15.3 Å². The first kappa shape index (κ1) is 19.0. The normalized spacial score (nSPS) is 16.8. The van der Waals surface area contributed by atoms with Crippen LogP contribution in [0.3, 0.4) is 0 Å². The number of nitrogens with zero attached hydrogens (tertiary/aromatic N) is 2. The van der Waals surface area contributed by atoms with E-state index in [9.17, 15) is 14.4 Å². The van der Waals surface area contributed by atoms with Crippen molar-refractivity contribution >= 4 is 29.1 Å². The molecule has 0 radical (unpaired) electrons. The van der Waals surface area contributed by atoms with E-state index >= 15 is 0 Å². The van der Waals surface area contributed by atoms with E-state index in [1.54, 1.807) is 4.90 Å². The first-order valence-corrected chi connectivity index (χ1v) is 9.63. The average molecular weight is 387 g/mol. The minimum atomic E-state index is -1.08. The number of nitrogens with one attached hydrogen (secondary N) is 1. The summed E-state index contributed by atoms with van der Waals surface area (Å²) in [6.45, 7) is 3.19. The van der Waals surface area contributed by atoms with E-state index in [1.807, 2.05) is 31.2 Å². The van der Waals surface area contributed by atoms with Crippen LogP contribution in [-0.4, -0.2) is 45.9 Å². The van der Waals surface area contributed by atoms with Crippen molar-refractivity contribution in [1.82, 2.24) is 15.2 Å². The molecule has 8 heteroatoms. The molecule has 1 fully saturated rings. The van der Waals surface area contributed by atoms with Crippen LogP contribution in [0.15, 0.2) is 29.6 Å². The van der Waals surface area contributed by atoms with Gasteiger partial charge in [-0.25, -0.2) is 9.78 Å². The van der Waals surface area contributed by atoms with E-state index < -0.39 is 5.97 Å². The second-order valence-electron chi connectivity index (χ2n) is 6.61. The molecule has 0 aliphatic carbocycles. The molecule has 1 saturated heterocycles. The molecule has 27 heavy (non-hydrogen) atoms. The van der Waals surface area contributed by atoms with Gasteiger partial charge in [0.1, 0.15) is 5.01 Å². The van der Waals surface area contributed by atoms with E-state index in [0.29, 0.717) is 23.7 Å². The summed E-state index contributed by atoms with van der Waals surface area (Å²) in [7, 11) is 0. The fraction of sp³-hybridized carbons (Fsp3) is 0.368. The van der Waals surface area contributed by atoms with Crippen LogP contribution < -0.4 is 5.32 Å². The van der Waals surface area contributed by atoms with Crippen LogP contribution in [0.1, 0.15) is 44.3 Å². The van der Waals surface area contributed by atoms with Crippen LogP contribution in [0, 0.1) is 12.8 Å². The Kier molecular flexibility index (Phi) is 5.85. The number of rotatable bonds is 5. The number of hydrogen-bond acceptors (Lipinski definition) is 5. The maximum atomic E-state index is 12.7. The molecule has 0 saturated carbocycles. The van der Waals surface area contributed by atoms with E-state index in [1.165, 1.54) is 16.7 Å². The lowest BCUT2D eigenvalue weighted by Crippen LogP contribution is -2.45. The zero-order valence-corrected chi connectivity index (χ0v) is 15.8. The highest BCUT2D eigenvalue weighted by Gasteiger charge is 2.29. The summed E-state index contributed by atoms with van der Waals surface area (Å²) in [5, 5.41) is 13.7. The number of carbonyl (C=O) groups is 3. The zero-order valence-electron chi connectivity index (χ0n) is 15.0. The number of carboxylic acid groups (broad SMARTS) is 1. The Bertz CT molecular complexity index is 847. The number of thiazole rings is 1. The third-order valence-corrected chi connectivity index (χ3v) is 5.41. The molecular formula is C19H21N3O4S. The van der Waals surface area contributed by atoms with Crippen molar-refractivity contribution in [3.8, 4) is 0 Å². The third-order valence-electron chi connectivity index (χ3n) is 4.56. The SMILES string of the molecule is Cc1ccc(C(=O)N2CCCC(C(=O)NCc3nc(C(=O)O)cs3)C2)cc1. The van der Waals surface area contributed by atoms with Crippen molar-refractivity contribution in [3.05, 3.63) is 51.5 Å². The van der Waals surface area contributed by atoms with Gasteiger partial charge in [0.15, 0.2) is 5.69 Å². The Morgan fingerprint density at radius 1 is 1.30 bits per heavy atom. The van der Waals surface area contributed by atoms with Crippen molar-refractivity contribution in [2.45, 2.75) is 26.3 Å². The van der Waals surface area contributed by atoms with E-state index in [4.69, 9.17) is 5.11 Å². The number of aryl methyl sites for hydroxylation is 1. The molecule has 7 nitrogen and oxygen atoms in total. The van der Waals surface area contributed by atoms with Gasteiger partial charge in [-0.3, -0.25) is 9.59 Å². The van der Waals surface area contributed by atoms with Crippen molar-refractivity contribution in [1.29, 1.82) is 0 Å². The van der Waals surface area contributed by atoms with Crippen LogP contribution in [0.25, 0.3) is 0 Å². The number of hydrogen-bond donors (Lipinski definition) is 2. The lowest BCUT2D eigenvalue weighted by Gasteiger charge is -2.32. The lowest BCUT2D eigenvalue weighted by atomic mass is 9.96. The molecule has 1 aromatic heterocycles. The molecule has 0 bridgehead atoms. The topological polar surface area (TPSA) is 99.6 Å². The maximum Gasteiger partial charge on any atom is 0.355 e. The molecule has 2 heterocycles. The first-order valence-electron chi connectivity index (χ1n) is 8.75. The van der Waals surface area contributed by atoms with Crippen LogP contribution in [0.5, 0.6) is 0 Å². The number of benzene rings is 1. The van der Waals surface area contributed by atoms with Crippen molar-refractivity contribution < 1.29 is 19.5 Å². The molecule has 1 aromatic carbocycles. The minimum absolute atomic E-state index is 0.0169. The number of carbonyl (C=O) groups excluding carboxylic acids is 2. The predicted molar refractivity (Wildman–Crippen MR) is 101 cm³/mol. The second-order valence-corrected chi connectivity index (χ2v) is 7.55. The van der Waals surface area contributed by atoms with Crippen molar-refractivity contribution in [3.63, 3.8) is 0 Å². The fourth-order valence-corrected chi connectivity index (χ4v) is 3.76. The highest BCUT2D eigenvalue weighted by atomic mass is 32.1. The van der Waals surface area contributed by atoms with Gasteiger partial charge in [-0.15, -0.1) is 11.3 Å². The molecular weight excluding hydrogens is 366 g/mol. The standard InChI is InChI=1S/C19H21N3O4S/c1-12-4-6-13(7-5-12)18(24)22-8-2-3-14(10-22)17(23)20-9-16-21-15(11-27-16)19(25)26/h4-7,11,14H,2-3,8-10H2,1H3,(H,20,23)(H,25,26). The minimum Gasteiger partial charge on any atom is -0.476 e. The monoisotopic (exact) mass is 387 g/mol. The molecule has 2 aromatic rings. The summed E-state index contributed by atoms with van der Waals surface area (Å²) < 4.78 is 0. The molecule has 1 aliphatic rings. The van der Waals surface area contributed by atoms with Crippen LogP contribution >= 0.6 is 11.3 Å². The summed E-state index contributed by atoms with van der Waals surface area (Å²) in [5.41, 5.74) is 1.71. The van der Waals surface area contributed by atoms with Crippen molar-refractivity contribution in [2.24, 2.45) is 5.92 Å². The fourth-order valence-electron chi connectivity index (χ4n) is 3.05. The van der Waals surface area contributed by atoms with Crippen LogP contribution in [-0.2, 0) is 11.3 Å². The Morgan fingerprint density at radius 3 is 2.70 bits per heavy atom. The molecule has 1 unspecified atom stereocenters. The first-order chi connectivity index (χ1) is 12.9. The Balaban J connectivity index is 1.56. The summed E-state index contributed by atoms with van der Waals surface area (Å²) in [6, 6.07) is 7.43. The van der Waals surface area contributed by atoms with Gasteiger partial charge in [0.05, 0.1) is 12.5 Å². The number of amides is 2. The molecule has 1 atom stereocenters. The van der Waals surface area contributed by atoms with E-state index in [2.05, 4.69) is 10.3 Å². The van der Waals surface area contributed by atoms with E-state index in [-0.39, 0.29) is 30.0 Å². The summed E-state index contributed by atoms with van der Waals surface area (Å²) >= 11 is 1.20. The van der Waals surface area contributed by atoms with Crippen LogP contribution in [0.2, 0.25) is 0 Å². The number of carboxylic acids is 1. The molecule has 3 rings (SSSR count). The second kappa shape index (κ2) is 8.30. The Labute approximate surface area is 161 Å². The molecule has 1 aliphatic heterocycles. The third kappa shape index (κ3) is 4.71. The molecule has 0 spiro atoms. The maximum absolute atomic E-state index is 12.7. The molecule has 2 N–H and O–H groups in total. The predicted octanol–water partition coefficient (Wildman–Crippen LogP) is 2.32. The largest absolute Gasteiger partial charge is 0.476 e. The number of piperidine rings is 1. The quantitative estimate of drug-likeness (QED) is 0.820. The van der Waals surface area contributed by atoms with Gasteiger partial charge >= 0.3 is 5.97 Å².